The molecule has 3 aromatic heterocycles. The first kappa shape index (κ1) is 14.1. The van der Waals surface area contributed by atoms with Gasteiger partial charge in [-0.3, -0.25) is 0 Å². The molecule has 0 atom stereocenters. The molecule has 0 aliphatic heterocycles. The van der Waals surface area contributed by atoms with Crippen LogP contribution in [0.15, 0.2) is 210 Å². The molecule has 0 bridgehead atoms. The maximum atomic E-state index is 10.1. The summed E-state index contributed by atoms with van der Waals surface area (Å²) in [6.45, 7) is 0. The lowest BCUT2D eigenvalue weighted by atomic mass is 10.00. The summed E-state index contributed by atoms with van der Waals surface area (Å²) in [4.78, 5) is 0. The van der Waals surface area contributed by atoms with Gasteiger partial charge in [0.05, 0.1) is 74.6 Å². The Kier molecular flexibility index (Phi) is 3.09. The van der Waals surface area contributed by atoms with E-state index in [0.29, 0.717) is 4.57 Å². The Morgan fingerprint density at radius 2 is 0.895 bits per heavy atom. The summed E-state index contributed by atoms with van der Waals surface area (Å²) in [6.07, 6.45) is 0. The molecule has 0 unspecified atom stereocenters. The molecule has 0 amide bonds. The van der Waals surface area contributed by atoms with Crippen LogP contribution in [-0.2, 0) is 0 Å². The van der Waals surface area contributed by atoms with E-state index < -0.39 is 264 Å². The zero-order chi connectivity index (χ0) is 63.6. The second-order valence-electron chi connectivity index (χ2n) is 12.6. The van der Waals surface area contributed by atoms with E-state index in [9.17, 15) is 17.8 Å². The van der Waals surface area contributed by atoms with Crippen LogP contribution in [0.4, 0.5) is 0 Å². The van der Waals surface area contributed by atoms with E-state index in [4.69, 9.17) is 27.7 Å². The molecule has 0 fully saturated rings. The Bertz CT molecular complexity index is 5230. The number of nitrogens with zero attached hydrogens (tertiary/aromatic N) is 2. The molecule has 3 nitrogen and oxygen atoms in total. The summed E-state index contributed by atoms with van der Waals surface area (Å²) < 4.78 is 282. The number of para-hydroxylation sites is 4. The predicted octanol–water partition coefficient (Wildman–Crippen LogP) is 14.8. The number of rotatable bonds is 5. The molecular weight excluding hydrogens is 693 g/mol. The normalized spacial score (nSPS) is 19.2. The van der Waals surface area contributed by atoms with Gasteiger partial charge in [-0.2, -0.15) is 0 Å². The van der Waals surface area contributed by atoms with E-state index in [2.05, 4.69) is 0 Å². The molecule has 0 saturated heterocycles. The van der Waals surface area contributed by atoms with Gasteiger partial charge in [0.1, 0.15) is 11.2 Å². The predicted molar refractivity (Wildman–Crippen MR) is 239 cm³/mol. The van der Waals surface area contributed by atoms with Gasteiger partial charge in [0, 0.05) is 43.4 Å². The van der Waals surface area contributed by atoms with Crippen LogP contribution in [0, 0.1) is 0 Å². The average molecular weight is 757 g/mol. The molecule has 0 aliphatic rings. The van der Waals surface area contributed by atoms with Crippen LogP contribution < -0.4 is 0 Å². The number of hydrogen-bond acceptors (Lipinski definition) is 1. The molecule has 12 aromatic rings. The second kappa shape index (κ2) is 12.5. The van der Waals surface area contributed by atoms with Gasteiger partial charge in [0.25, 0.3) is 0 Å². The second-order valence-corrected chi connectivity index (χ2v) is 12.6. The number of hydrogen-bond donors (Lipinski definition) is 0. The summed E-state index contributed by atoms with van der Waals surface area (Å²) in [6, 6.07) is -21.8. The van der Waals surface area contributed by atoms with Crippen molar-refractivity contribution in [2.75, 3.05) is 0 Å². The summed E-state index contributed by atoms with van der Waals surface area (Å²) in [7, 11) is 0. The number of fused-ring (bicyclic) bond motifs is 9. The number of furan rings is 1. The van der Waals surface area contributed by atoms with Crippen LogP contribution in [0.2, 0.25) is 0 Å². The molecule has 0 aliphatic carbocycles. The van der Waals surface area contributed by atoms with Crippen molar-refractivity contribution in [1.82, 2.24) is 9.13 Å². The molecule has 0 N–H and O–H groups in total. The fourth-order valence-electron chi connectivity index (χ4n) is 7.14. The minimum atomic E-state index is -1.10. The van der Waals surface area contributed by atoms with E-state index in [1.807, 2.05) is 0 Å². The van der Waals surface area contributed by atoms with Crippen LogP contribution in [0.25, 0.3) is 110 Å². The number of benzene rings is 9. The fourth-order valence-corrected chi connectivity index (χ4v) is 7.14. The van der Waals surface area contributed by atoms with Crippen molar-refractivity contribution >= 4 is 65.6 Å². The lowest BCUT2D eigenvalue weighted by molar-refractivity contribution is 0.669. The van der Waals surface area contributed by atoms with Crippen LogP contribution in [-0.4, -0.2) is 9.13 Å². The Morgan fingerprint density at radius 3 is 1.56 bits per heavy atom. The van der Waals surface area contributed by atoms with Gasteiger partial charge in [-0.1, -0.05) is 145 Å². The van der Waals surface area contributed by atoms with E-state index in [0.717, 1.165) is 4.57 Å². The van der Waals surface area contributed by atoms with Gasteiger partial charge in [0.2, 0.25) is 0 Å². The molecule has 0 spiro atoms. The Morgan fingerprint density at radius 1 is 0.351 bits per heavy atom. The van der Waals surface area contributed by atoms with Crippen molar-refractivity contribution in [2.24, 2.45) is 0 Å². The molecule has 0 saturated carbocycles. The minimum Gasteiger partial charge on any atom is -0.456 e. The Balaban J connectivity index is 1.29. The molecule has 57 heavy (non-hydrogen) atoms. The van der Waals surface area contributed by atoms with E-state index in [1.54, 1.807) is 0 Å². The van der Waals surface area contributed by atoms with E-state index >= 15 is 0 Å². The monoisotopic (exact) mass is 756 g/mol. The van der Waals surface area contributed by atoms with Crippen molar-refractivity contribution in [1.29, 1.82) is 0 Å². The van der Waals surface area contributed by atoms with Gasteiger partial charge in [-0.25, -0.2) is 0 Å². The lowest BCUT2D eigenvalue weighted by Crippen LogP contribution is -1.97. The summed E-state index contributed by atoms with van der Waals surface area (Å²) in [5, 5.41) is -2.26. The molecule has 9 aromatic carbocycles. The molecule has 0 radical (unpaired) electrons. The fraction of sp³-hybridized carbons (Fsp3) is 0. The molecule has 12 rings (SSSR count). The van der Waals surface area contributed by atoms with Crippen LogP contribution in [0.3, 0.4) is 0 Å². The topological polar surface area (TPSA) is 23.0 Å². The summed E-state index contributed by atoms with van der Waals surface area (Å²) in [5.74, 6) is 0. The van der Waals surface area contributed by atoms with E-state index in [-0.39, 0.29) is 28.0 Å². The van der Waals surface area contributed by atoms with Gasteiger partial charge in [-0.05, 0) is 82.7 Å². The quantitative estimate of drug-likeness (QED) is 0.171. The standard InChI is InChI=1S/C54H34N2O/c1-3-15-35(16-4-1)39-19-7-11-23-47(39)55-48-24-12-8-20-40(48)44-31-37(27-29-50(44)55)38-28-30-51-45(32-38)41-21-9-13-25-49(41)56(51)52-33-46-42-22-10-14-26-53(42)57-54(46)34-43(52)36-17-5-2-6-18-36/h1-34H/i1D,2D,3D,4D,5D,6D,7D,8D,9D,11D,12D,13D,15D,16D,17D,18D,19D,20D,21D,23D,24D,25D,26D,27D,28D,29D,30D,31D,32D,34D. The Hall–Kier alpha value is -7.62. The third kappa shape index (κ3) is 4.86. The van der Waals surface area contributed by atoms with Gasteiger partial charge in [0.15, 0.2) is 0 Å². The molecule has 266 valence electrons. The van der Waals surface area contributed by atoms with Gasteiger partial charge < -0.3 is 13.6 Å². The summed E-state index contributed by atoms with van der Waals surface area (Å²) >= 11 is 0. The minimum absolute atomic E-state index is 0.0454. The third-order valence-corrected chi connectivity index (χ3v) is 9.53. The van der Waals surface area contributed by atoms with Crippen molar-refractivity contribution in [3.8, 4) is 44.8 Å². The maximum absolute atomic E-state index is 10.1. The van der Waals surface area contributed by atoms with Crippen molar-refractivity contribution in [3.63, 3.8) is 0 Å². The zero-order valence-corrected chi connectivity index (χ0v) is 28.6. The Labute approximate surface area is 371 Å². The molecular formula is C54H34N2O. The van der Waals surface area contributed by atoms with Gasteiger partial charge in [-0.15, -0.1) is 0 Å². The first-order valence-electron chi connectivity index (χ1n) is 32.1. The highest BCUT2D eigenvalue weighted by molar-refractivity contribution is 6.14. The van der Waals surface area contributed by atoms with Crippen molar-refractivity contribution in [2.45, 2.75) is 0 Å². The lowest BCUT2D eigenvalue weighted by Gasteiger charge is -2.15. The largest absolute Gasteiger partial charge is 0.456 e. The molecule has 3 heteroatoms. The smallest absolute Gasteiger partial charge is 0.136 e. The van der Waals surface area contributed by atoms with Crippen LogP contribution in [0.5, 0.6) is 0 Å². The maximum Gasteiger partial charge on any atom is 0.136 e. The van der Waals surface area contributed by atoms with Crippen molar-refractivity contribution in [3.05, 3.63) is 206 Å². The SMILES string of the molecule is [2H]c1c([2H])c([2H])c(-c2c([2H])c([2H])c([2H])c([2H])c2-n2c3c([2H])c([2H])c([2H])c([2H])c3c3c([2H])c(-c4c([2H])c([2H])c5c(c4[2H])c4c([2H])c([2H])c([2H])c([2H])c4n5-c4cc5c(oc6c([2H])cccc65)c([2H])c4-c4c([2H])c([2H])c([2H])c([2H])c4[2H])c([2H])c([2H])c32)c([2H])c1[2H]. The first-order chi connectivity index (χ1) is 40.8. The zero-order valence-electron chi connectivity index (χ0n) is 58.6. The number of aromatic nitrogens is 2. The highest BCUT2D eigenvalue weighted by Crippen LogP contribution is 2.43. The van der Waals surface area contributed by atoms with Crippen LogP contribution in [0.1, 0.15) is 41.1 Å². The molecule has 3 heterocycles. The average Bonchev–Trinajstić information content (AvgIpc) is 1.57. The first-order valence-corrected chi connectivity index (χ1v) is 17.1. The third-order valence-electron chi connectivity index (χ3n) is 9.53. The van der Waals surface area contributed by atoms with E-state index in [1.165, 1.54) is 24.3 Å². The van der Waals surface area contributed by atoms with Crippen LogP contribution >= 0.6 is 0 Å². The van der Waals surface area contributed by atoms with Crippen molar-refractivity contribution < 1.29 is 45.5 Å². The summed E-state index contributed by atoms with van der Waals surface area (Å²) in [5.41, 5.74) is -8.78. The highest BCUT2D eigenvalue weighted by atomic mass is 16.3. The highest BCUT2D eigenvalue weighted by Gasteiger charge is 2.21. The van der Waals surface area contributed by atoms with Gasteiger partial charge >= 0.3 is 0 Å².